The van der Waals surface area contributed by atoms with E-state index in [-0.39, 0.29) is 34.9 Å². The van der Waals surface area contributed by atoms with Crippen molar-refractivity contribution in [1.29, 1.82) is 10.5 Å². The van der Waals surface area contributed by atoms with Crippen LogP contribution in [0.1, 0.15) is 52.0 Å². The highest BCUT2D eigenvalue weighted by Crippen LogP contribution is 2.55. The van der Waals surface area contributed by atoms with Crippen molar-refractivity contribution in [3.05, 3.63) is 29.8 Å². The van der Waals surface area contributed by atoms with Crippen LogP contribution in [0.4, 0.5) is 5.69 Å². The van der Waals surface area contributed by atoms with Gasteiger partial charge in [0.05, 0.1) is 34.6 Å². The summed E-state index contributed by atoms with van der Waals surface area (Å²) < 4.78 is 0. The van der Waals surface area contributed by atoms with Crippen molar-refractivity contribution in [3.63, 3.8) is 0 Å². The van der Waals surface area contributed by atoms with Gasteiger partial charge in [0, 0.05) is 43.3 Å². The Morgan fingerprint density at radius 1 is 1.21 bits per heavy atom. The van der Waals surface area contributed by atoms with Gasteiger partial charge in [0.2, 0.25) is 11.8 Å². The van der Waals surface area contributed by atoms with Crippen molar-refractivity contribution < 1.29 is 9.59 Å². The summed E-state index contributed by atoms with van der Waals surface area (Å²) in [7, 11) is 0. The van der Waals surface area contributed by atoms with E-state index >= 15 is 0 Å². The van der Waals surface area contributed by atoms with Gasteiger partial charge >= 0.3 is 0 Å². The maximum Gasteiger partial charge on any atom is 0.236 e. The molecule has 7 unspecified atom stereocenters. The molecule has 0 bridgehead atoms. The summed E-state index contributed by atoms with van der Waals surface area (Å²) in [6, 6.07) is 14.0. The normalized spacial score (nSPS) is 30.9. The standard InChI is InChI=1S/C29H40N6O2S/c1-4-34-28(37)24(38-29(34)26-23(18-31)25(26)27(36)33-15-13-30)11-14-32-22-10-6-9-21(17-22)12-16-35-19(2)7-5-8-20(35)3/h6,9-10,17,19-20,23-26,29,32H,4-5,7-8,11-12,14-16H2,1-3H3,(H,33,36). The zero-order valence-electron chi connectivity index (χ0n) is 22.7. The van der Waals surface area contributed by atoms with Crippen LogP contribution in [0.15, 0.2) is 24.3 Å². The number of anilines is 1. The smallest absolute Gasteiger partial charge is 0.236 e. The van der Waals surface area contributed by atoms with Crippen LogP contribution < -0.4 is 10.6 Å². The summed E-state index contributed by atoms with van der Waals surface area (Å²) in [5.41, 5.74) is 2.39. The third-order valence-corrected chi connectivity index (χ3v) is 10.0. The number of carbonyl (C=O) groups excluding carboxylic acids is 2. The van der Waals surface area contributed by atoms with E-state index in [9.17, 15) is 14.9 Å². The molecule has 204 valence electrons. The second-order valence-corrected chi connectivity index (χ2v) is 12.1. The molecule has 9 heteroatoms. The molecule has 1 aliphatic carbocycles. The molecule has 4 rings (SSSR count). The van der Waals surface area contributed by atoms with E-state index < -0.39 is 11.8 Å². The van der Waals surface area contributed by atoms with E-state index in [1.165, 1.54) is 24.8 Å². The Bertz CT molecular complexity index is 1070. The molecule has 3 aliphatic rings. The summed E-state index contributed by atoms with van der Waals surface area (Å²) >= 11 is 1.58. The molecule has 2 amide bonds. The van der Waals surface area contributed by atoms with Crippen molar-refractivity contribution >= 4 is 29.3 Å². The molecule has 0 spiro atoms. The summed E-state index contributed by atoms with van der Waals surface area (Å²) in [6.07, 6.45) is 5.60. The number of nitriles is 2. The minimum absolute atomic E-state index is 0.0690. The molecule has 2 N–H and O–H groups in total. The first-order chi connectivity index (χ1) is 18.4. The minimum atomic E-state index is -0.455. The molecule has 0 radical (unpaired) electrons. The SMILES string of the molecule is CCN1C(=O)C(CCNc2cccc(CCN3C(C)CCCC3C)c2)SC1C1C(C#N)C1C(=O)NCC#N. The summed E-state index contributed by atoms with van der Waals surface area (Å²) in [6.45, 7) is 8.86. The lowest BCUT2D eigenvalue weighted by Gasteiger charge is -2.39. The Kier molecular flexibility index (Phi) is 9.57. The lowest BCUT2D eigenvalue weighted by molar-refractivity contribution is -0.130. The Labute approximate surface area is 231 Å². The number of likely N-dealkylation sites (tertiary alicyclic amines) is 1. The van der Waals surface area contributed by atoms with Crippen LogP contribution in [0.3, 0.4) is 0 Å². The molecule has 8 nitrogen and oxygen atoms in total. The highest BCUT2D eigenvalue weighted by atomic mass is 32.2. The quantitative estimate of drug-likeness (QED) is 0.416. The lowest BCUT2D eigenvalue weighted by atomic mass is 9.97. The highest BCUT2D eigenvalue weighted by molar-refractivity contribution is 8.01. The number of hydrogen-bond donors (Lipinski definition) is 2. The van der Waals surface area contributed by atoms with Crippen LogP contribution in [-0.2, 0) is 16.0 Å². The van der Waals surface area contributed by atoms with E-state index in [2.05, 4.69) is 59.7 Å². The zero-order chi connectivity index (χ0) is 27.2. The van der Waals surface area contributed by atoms with Gasteiger partial charge in [0.15, 0.2) is 0 Å². The molecular formula is C29H40N6O2S. The fourth-order valence-corrected chi connectivity index (χ4v) is 7.99. The molecule has 2 saturated heterocycles. The van der Waals surface area contributed by atoms with E-state index in [1.807, 2.05) is 17.9 Å². The zero-order valence-corrected chi connectivity index (χ0v) is 23.5. The fraction of sp³-hybridized carbons (Fsp3) is 0.655. The first-order valence-electron chi connectivity index (χ1n) is 14.0. The van der Waals surface area contributed by atoms with Gasteiger partial charge in [-0.15, -0.1) is 11.8 Å². The molecule has 2 aliphatic heterocycles. The predicted molar refractivity (Wildman–Crippen MR) is 150 cm³/mol. The first-order valence-corrected chi connectivity index (χ1v) is 14.9. The van der Waals surface area contributed by atoms with Crippen molar-refractivity contribution in [2.45, 2.75) is 75.6 Å². The lowest BCUT2D eigenvalue weighted by Crippen LogP contribution is -2.44. The van der Waals surface area contributed by atoms with E-state index in [0.29, 0.717) is 31.6 Å². The van der Waals surface area contributed by atoms with Gasteiger partial charge in [-0.1, -0.05) is 18.6 Å². The highest BCUT2D eigenvalue weighted by Gasteiger charge is 2.62. The number of thioether (sulfide) groups is 1. The van der Waals surface area contributed by atoms with Gasteiger partial charge in [-0.2, -0.15) is 10.5 Å². The maximum absolute atomic E-state index is 13.2. The number of piperidine rings is 1. The van der Waals surface area contributed by atoms with E-state index in [4.69, 9.17) is 5.26 Å². The van der Waals surface area contributed by atoms with Crippen LogP contribution in [0.25, 0.3) is 0 Å². The minimum Gasteiger partial charge on any atom is -0.385 e. The average Bonchev–Trinajstić information content (AvgIpc) is 3.56. The average molecular weight is 537 g/mol. The summed E-state index contributed by atoms with van der Waals surface area (Å²) in [5.74, 6) is -1.23. The number of nitrogens with one attached hydrogen (secondary N) is 2. The summed E-state index contributed by atoms with van der Waals surface area (Å²) in [4.78, 5) is 30.1. The number of carbonyl (C=O) groups is 2. The van der Waals surface area contributed by atoms with Crippen LogP contribution in [0.5, 0.6) is 0 Å². The monoisotopic (exact) mass is 536 g/mol. The molecule has 1 saturated carbocycles. The third kappa shape index (κ3) is 6.27. The fourth-order valence-electron chi connectivity index (χ4n) is 6.23. The van der Waals surface area contributed by atoms with Crippen molar-refractivity contribution in [1.82, 2.24) is 15.1 Å². The van der Waals surface area contributed by atoms with Gasteiger partial charge in [0.1, 0.15) is 6.54 Å². The molecule has 7 atom stereocenters. The largest absolute Gasteiger partial charge is 0.385 e. The Morgan fingerprint density at radius 2 is 1.97 bits per heavy atom. The molecular weight excluding hydrogens is 496 g/mol. The molecule has 38 heavy (non-hydrogen) atoms. The van der Waals surface area contributed by atoms with Crippen LogP contribution in [-0.4, -0.2) is 70.5 Å². The Hall–Kier alpha value is -2.75. The number of benzene rings is 1. The molecule has 0 aromatic heterocycles. The van der Waals surface area contributed by atoms with Crippen LogP contribution in [0, 0.1) is 40.4 Å². The number of amides is 2. The van der Waals surface area contributed by atoms with Gasteiger partial charge in [-0.3, -0.25) is 14.5 Å². The number of rotatable bonds is 11. The Morgan fingerprint density at radius 3 is 2.66 bits per heavy atom. The van der Waals surface area contributed by atoms with Crippen molar-refractivity contribution in [2.75, 3.05) is 31.5 Å². The van der Waals surface area contributed by atoms with E-state index in [1.54, 1.807) is 11.8 Å². The van der Waals surface area contributed by atoms with Crippen LogP contribution in [0.2, 0.25) is 0 Å². The number of hydrogen-bond acceptors (Lipinski definition) is 7. The second-order valence-electron chi connectivity index (χ2n) is 10.8. The maximum atomic E-state index is 13.2. The molecule has 2 heterocycles. The van der Waals surface area contributed by atoms with Gasteiger partial charge in [-0.05, 0) is 64.2 Å². The predicted octanol–water partition coefficient (Wildman–Crippen LogP) is 3.61. The summed E-state index contributed by atoms with van der Waals surface area (Å²) in [5, 5.41) is 24.0. The molecule has 1 aromatic rings. The van der Waals surface area contributed by atoms with Crippen molar-refractivity contribution in [3.8, 4) is 12.1 Å². The van der Waals surface area contributed by atoms with Crippen LogP contribution >= 0.6 is 11.8 Å². The number of nitrogens with zero attached hydrogens (tertiary/aromatic N) is 4. The third-order valence-electron chi connectivity index (χ3n) is 8.41. The van der Waals surface area contributed by atoms with Crippen molar-refractivity contribution in [2.24, 2.45) is 17.8 Å². The second kappa shape index (κ2) is 12.9. The Balaban J connectivity index is 1.29. The molecule has 1 aromatic carbocycles. The van der Waals surface area contributed by atoms with E-state index in [0.717, 1.165) is 18.7 Å². The van der Waals surface area contributed by atoms with Gasteiger partial charge in [0.25, 0.3) is 0 Å². The van der Waals surface area contributed by atoms with Gasteiger partial charge in [-0.25, -0.2) is 0 Å². The molecule has 3 fully saturated rings. The van der Waals surface area contributed by atoms with Gasteiger partial charge < -0.3 is 15.5 Å². The topological polar surface area (TPSA) is 112 Å². The first kappa shape index (κ1) is 28.3.